The number of carbonyl (C=O) groups excluding carboxylic acids is 1. The fourth-order valence-corrected chi connectivity index (χ4v) is 3.19. The highest BCUT2D eigenvalue weighted by molar-refractivity contribution is 7.90. The predicted octanol–water partition coefficient (Wildman–Crippen LogP) is 1.25. The number of nitrogens with zero attached hydrogens (tertiary/aromatic N) is 1. The zero-order valence-corrected chi connectivity index (χ0v) is 14.4. The molecule has 1 aromatic carbocycles. The SMILES string of the molecule is CCCCCc1cc(OC)c(C(=O)N=C(N)N)cc1S(C)(=O)=O. The second-order valence-electron chi connectivity index (χ2n) is 5.23. The Balaban J connectivity index is 3.45. The first kappa shape index (κ1) is 19.0. The van der Waals surface area contributed by atoms with Crippen molar-refractivity contribution < 1.29 is 17.9 Å². The van der Waals surface area contributed by atoms with Crippen LogP contribution in [0, 0.1) is 0 Å². The lowest BCUT2D eigenvalue weighted by Gasteiger charge is -2.13. The van der Waals surface area contributed by atoms with Crippen LogP contribution >= 0.6 is 0 Å². The Morgan fingerprint density at radius 2 is 1.91 bits per heavy atom. The topological polar surface area (TPSA) is 125 Å². The Hall–Kier alpha value is -2.09. The van der Waals surface area contributed by atoms with Gasteiger partial charge in [-0.1, -0.05) is 19.8 Å². The van der Waals surface area contributed by atoms with Gasteiger partial charge in [-0.2, -0.15) is 4.99 Å². The summed E-state index contributed by atoms with van der Waals surface area (Å²) in [7, 11) is -2.10. The van der Waals surface area contributed by atoms with Crippen LogP contribution < -0.4 is 16.2 Å². The fourth-order valence-electron chi connectivity index (χ4n) is 2.22. The molecule has 128 valence electrons. The van der Waals surface area contributed by atoms with E-state index in [1.54, 1.807) is 6.07 Å². The highest BCUT2D eigenvalue weighted by Crippen LogP contribution is 2.29. The largest absolute Gasteiger partial charge is 0.496 e. The number of unbranched alkanes of at least 4 members (excludes halogenated alkanes) is 2. The standard InChI is InChI=1S/C15H23N3O4S/c1-4-5-6-7-10-8-12(22-2)11(14(19)18-15(16)17)9-13(10)23(3,20)21/h8-9H,4-7H2,1-3H3,(H4,16,17,18,19). The normalized spacial score (nSPS) is 11.1. The monoisotopic (exact) mass is 341 g/mol. The van der Waals surface area contributed by atoms with Gasteiger partial charge in [0.25, 0.3) is 5.91 Å². The molecule has 4 N–H and O–H groups in total. The first-order valence-corrected chi connectivity index (χ1v) is 9.14. The molecule has 1 amide bonds. The maximum atomic E-state index is 12.1. The van der Waals surface area contributed by atoms with Gasteiger partial charge < -0.3 is 16.2 Å². The van der Waals surface area contributed by atoms with Gasteiger partial charge in [-0.3, -0.25) is 4.79 Å². The van der Waals surface area contributed by atoms with Crippen LogP contribution in [0.3, 0.4) is 0 Å². The van der Waals surface area contributed by atoms with Crippen molar-refractivity contribution in [3.8, 4) is 5.75 Å². The molecule has 0 fully saturated rings. The van der Waals surface area contributed by atoms with Crippen molar-refractivity contribution in [1.82, 2.24) is 0 Å². The summed E-state index contributed by atoms with van der Waals surface area (Å²) < 4.78 is 29.3. The Labute approximate surface area is 136 Å². The van der Waals surface area contributed by atoms with Gasteiger partial charge in [0.05, 0.1) is 17.6 Å². The molecule has 0 saturated carbocycles. The van der Waals surface area contributed by atoms with Gasteiger partial charge in [0, 0.05) is 6.26 Å². The lowest BCUT2D eigenvalue weighted by Crippen LogP contribution is -2.24. The molecule has 0 unspecified atom stereocenters. The molecule has 0 aromatic heterocycles. The first-order chi connectivity index (χ1) is 10.7. The average molecular weight is 341 g/mol. The number of hydrogen-bond donors (Lipinski definition) is 2. The quantitative estimate of drug-likeness (QED) is 0.437. The van der Waals surface area contributed by atoms with E-state index < -0.39 is 21.7 Å². The first-order valence-electron chi connectivity index (χ1n) is 7.25. The van der Waals surface area contributed by atoms with E-state index in [1.807, 2.05) is 0 Å². The van der Waals surface area contributed by atoms with Crippen molar-refractivity contribution >= 4 is 21.7 Å². The number of sulfone groups is 1. The number of aliphatic imine (C=N–C) groups is 1. The van der Waals surface area contributed by atoms with E-state index in [4.69, 9.17) is 16.2 Å². The van der Waals surface area contributed by atoms with Crippen molar-refractivity contribution in [3.63, 3.8) is 0 Å². The summed E-state index contributed by atoms with van der Waals surface area (Å²) >= 11 is 0. The summed E-state index contributed by atoms with van der Waals surface area (Å²) in [5.41, 5.74) is 11.0. The Kier molecular flexibility index (Phi) is 6.56. The van der Waals surface area contributed by atoms with Crippen LogP contribution in [0.2, 0.25) is 0 Å². The number of ether oxygens (including phenoxy) is 1. The number of aryl methyl sites for hydroxylation is 1. The average Bonchev–Trinajstić information content (AvgIpc) is 2.44. The molecular formula is C15H23N3O4S. The maximum Gasteiger partial charge on any atom is 0.283 e. The molecule has 0 spiro atoms. The number of guanidine groups is 1. The smallest absolute Gasteiger partial charge is 0.283 e. The van der Waals surface area contributed by atoms with E-state index >= 15 is 0 Å². The zero-order chi connectivity index (χ0) is 17.6. The summed E-state index contributed by atoms with van der Waals surface area (Å²) in [5.74, 6) is -0.893. The van der Waals surface area contributed by atoms with Crippen molar-refractivity contribution in [2.24, 2.45) is 16.5 Å². The van der Waals surface area contributed by atoms with Gasteiger partial charge >= 0.3 is 0 Å². The van der Waals surface area contributed by atoms with Crippen molar-refractivity contribution in [2.45, 2.75) is 37.5 Å². The number of methoxy groups -OCH3 is 1. The summed E-state index contributed by atoms with van der Waals surface area (Å²) in [6.07, 6.45) is 4.55. The maximum absolute atomic E-state index is 12.1. The highest BCUT2D eigenvalue weighted by atomic mass is 32.2. The molecule has 1 rings (SSSR count). The Morgan fingerprint density at radius 1 is 1.26 bits per heavy atom. The van der Waals surface area contributed by atoms with Gasteiger partial charge in [-0.05, 0) is 30.5 Å². The molecule has 0 aliphatic rings. The number of rotatable bonds is 7. The third kappa shape index (κ3) is 5.24. The Bertz CT molecular complexity index is 708. The third-order valence-electron chi connectivity index (χ3n) is 3.29. The number of nitrogens with two attached hydrogens (primary N) is 2. The van der Waals surface area contributed by atoms with Crippen LogP contribution in [0.15, 0.2) is 22.0 Å². The molecule has 0 aliphatic heterocycles. The van der Waals surface area contributed by atoms with Crippen LogP contribution in [-0.2, 0) is 16.3 Å². The molecule has 1 aromatic rings. The molecule has 0 saturated heterocycles. The highest BCUT2D eigenvalue weighted by Gasteiger charge is 2.21. The van der Waals surface area contributed by atoms with Gasteiger partial charge in [-0.15, -0.1) is 0 Å². The molecule has 23 heavy (non-hydrogen) atoms. The van der Waals surface area contributed by atoms with Gasteiger partial charge in [-0.25, -0.2) is 8.42 Å². The number of hydrogen-bond acceptors (Lipinski definition) is 4. The molecule has 0 heterocycles. The molecule has 0 bridgehead atoms. The van der Waals surface area contributed by atoms with Crippen molar-refractivity contribution in [2.75, 3.05) is 13.4 Å². The van der Waals surface area contributed by atoms with Crippen LogP contribution in [-0.4, -0.2) is 33.7 Å². The van der Waals surface area contributed by atoms with Crippen molar-refractivity contribution in [1.29, 1.82) is 0 Å². The molecular weight excluding hydrogens is 318 g/mol. The second-order valence-corrected chi connectivity index (χ2v) is 7.22. The van der Waals surface area contributed by atoms with E-state index in [-0.39, 0.29) is 16.2 Å². The molecule has 7 nitrogen and oxygen atoms in total. The minimum atomic E-state index is -3.50. The van der Waals surface area contributed by atoms with Gasteiger partial charge in [0.1, 0.15) is 5.75 Å². The zero-order valence-electron chi connectivity index (χ0n) is 13.6. The Morgan fingerprint density at radius 3 is 2.39 bits per heavy atom. The van der Waals surface area contributed by atoms with E-state index in [0.717, 1.165) is 25.5 Å². The summed E-state index contributed by atoms with van der Waals surface area (Å²) in [5, 5.41) is 0. The van der Waals surface area contributed by atoms with Gasteiger partial charge in [0.2, 0.25) is 0 Å². The van der Waals surface area contributed by atoms with E-state index in [0.29, 0.717) is 12.0 Å². The lowest BCUT2D eigenvalue weighted by atomic mass is 10.0. The number of benzene rings is 1. The third-order valence-corrected chi connectivity index (χ3v) is 4.47. The van der Waals surface area contributed by atoms with E-state index in [9.17, 15) is 13.2 Å². The molecule has 0 radical (unpaired) electrons. The minimum Gasteiger partial charge on any atom is -0.496 e. The van der Waals surface area contributed by atoms with E-state index in [1.165, 1.54) is 13.2 Å². The van der Waals surface area contributed by atoms with Crippen LogP contribution in [0.1, 0.15) is 42.1 Å². The fraction of sp³-hybridized carbons (Fsp3) is 0.467. The molecule has 0 aliphatic carbocycles. The van der Waals surface area contributed by atoms with Gasteiger partial charge in [0.15, 0.2) is 15.8 Å². The summed E-state index contributed by atoms with van der Waals surface area (Å²) in [6.45, 7) is 2.06. The predicted molar refractivity (Wildman–Crippen MR) is 89.5 cm³/mol. The molecule has 8 heteroatoms. The van der Waals surface area contributed by atoms with Crippen LogP contribution in [0.25, 0.3) is 0 Å². The number of amides is 1. The minimum absolute atomic E-state index is 0.0144. The summed E-state index contributed by atoms with van der Waals surface area (Å²) in [6, 6.07) is 2.85. The lowest BCUT2D eigenvalue weighted by molar-refractivity contribution is 0.0999. The van der Waals surface area contributed by atoms with Crippen LogP contribution in [0.4, 0.5) is 0 Å². The summed E-state index contributed by atoms with van der Waals surface area (Å²) in [4.78, 5) is 15.6. The van der Waals surface area contributed by atoms with Crippen molar-refractivity contribution in [3.05, 3.63) is 23.3 Å². The number of carbonyl (C=O) groups is 1. The van der Waals surface area contributed by atoms with Crippen LogP contribution in [0.5, 0.6) is 5.75 Å². The van der Waals surface area contributed by atoms with E-state index in [2.05, 4.69) is 11.9 Å². The second kappa shape index (κ2) is 7.96. The molecule has 0 atom stereocenters.